The van der Waals surface area contributed by atoms with E-state index in [1.165, 1.54) is 25.7 Å². The lowest BCUT2D eigenvalue weighted by molar-refractivity contribution is 0.132. The molecule has 0 aromatic carbocycles. The molecular formula is C7H13ClO. The van der Waals surface area contributed by atoms with Crippen molar-refractivity contribution in [1.29, 1.82) is 0 Å². The molecule has 0 spiro atoms. The van der Waals surface area contributed by atoms with Crippen molar-refractivity contribution in [2.24, 2.45) is 5.92 Å². The van der Waals surface area contributed by atoms with Crippen molar-refractivity contribution >= 4 is 11.6 Å². The Morgan fingerprint density at radius 3 is 2.44 bits per heavy atom. The van der Waals surface area contributed by atoms with Crippen LogP contribution >= 0.6 is 11.6 Å². The van der Waals surface area contributed by atoms with Gasteiger partial charge in [-0.2, -0.15) is 0 Å². The third-order valence-electron chi connectivity index (χ3n) is 2.10. The molecule has 1 saturated carbocycles. The van der Waals surface area contributed by atoms with E-state index < -0.39 is 0 Å². The molecule has 1 atom stereocenters. The highest BCUT2D eigenvalue weighted by atomic mass is 35.5. The molecule has 1 rings (SSSR count). The van der Waals surface area contributed by atoms with Crippen LogP contribution in [0.15, 0.2) is 0 Å². The number of halogens is 1. The fourth-order valence-electron chi connectivity index (χ4n) is 1.47. The minimum Gasteiger partial charge on any atom is -0.392 e. The van der Waals surface area contributed by atoms with Crippen molar-refractivity contribution in [3.05, 3.63) is 0 Å². The first-order chi connectivity index (χ1) is 4.34. The van der Waals surface area contributed by atoms with Gasteiger partial charge in [-0.3, -0.25) is 0 Å². The fourth-order valence-corrected chi connectivity index (χ4v) is 1.72. The van der Waals surface area contributed by atoms with Gasteiger partial charge in [-0.25, -0.2) is 0 Å². The lowest BCUT2D eigenvalue weighted by Crippen LogP contribution is -2.18. The van der Waals surface area contributed by atoms with Gasteiger partial charge in [0.1, 0.15) is 0 Å². The average molecular weight is 149 g/mol. The summed E-state index contributed by atoms with van der Waals surface area (Å²) < 4.78 is 0. The number of hydrogen-bond acceptors (Lipinski definition) is 1. The van der Waals surface area contributed by atoms with E-state index in [-0.39, 0.29) is 6.10 Å². The summed E-state index contributed by atoms with van der Waals surface area (Å²) >= 11 is 5.48. The highest BCUT2D eigenvalue weighted by molar-refractivity contribution is 6.18. The molecule has 0 amide bonds. The summed E-state index contributed by atoms with van der Waals surface area (Å²) in [7, 11) is 0. The molecule has 2 heteroatoms. The maximum atomic E-state index is 9.23. The van der Waals surface area contributed by atoms with Crippen molar-refractivity contribution in [3.8, 4) is 0 Å². The van der Waals surface area contributed by atoms with Gasteiger partial charge in [0.2, 0.25) is 0 Å². The van der Waals surface area contributed by atoms with Crippen LogP contribution in [0.1, 0.15) is 25.7 Å². The summed E-state index contributed by atoms with van der Waals surface area (Å²) in [5.41, 5.74) is 0. The second-order valence-electron chi connectivity index (χ2n) is 2.77. The Labute approximate surface area is 61.0 Å². The Bertz CT molecular complexity index is 79.0. The Hall–Kier alpha value is 0.250. The van der Waals surface area contributed by atoms with E-state index in [2.05, 4.69) is 0 Å². The quantitative estimate of drug-likeness (QED) is 0.592. The van der Waals surface area contributed by atoms with E-state index in [0.29, 0.717) is 11.8 Å². The standard InChI is InChI=1S/C7H13ClO/c8-5-7(9)6-3-1-2-4-6/h6-7,9H,1-5H2. The van der Waals surface area contributed by atoms with Gasteiger partial charge in [-0.1, -0.05) is 12.8 Å². The van der Waals surface area contributed by atoms with Gasteiger partial charge in [0.15, 0.2) is 0 Å². The molecule has 1 nitrogen and oxygen atoms in total. The predicted molar refractivity (Wildman–Crippen MR) is 38.7 cm³/mol. The highest BCUT2D eigenvalue weighted by Gasteiger charge is 2.21. The summed E-state index contributed by atoms with van der Waals surface area (Å²) in [6.07, 6.45) is 4.66. The second kappa shape index (κ2) is 3.43. The summed E-state index contributed by atoms with van der Waals surface area (Å²) in [5.74, 6) is 0.910. The zero-order valence-electron chi connectivity index (χ0n) is 5.52. The summed E-state index contributed by atoms with van der Waals surface area (Å²) in [5, 5.41) is 9.23. The lowest BCUT2D eigenvalue weighted by Gasteiger charge is -2.13. The van der Waals surface area contributed by atoms with Crippen LogP contribution in [-0.4, -0.2) is 17.1 Å². The Morgan fingerprint density at radius 2 is 2.00 bits per heavy atom. The number of aliphatic hydroxyl groups is 1. The Kier molecular flexibility index (Phi) is 2.80. The van der Waals surface area contributed by atoms with Crippen LogP contribution in [0.25, 0.3) is 0 Å². The number of alkyl halides is 1. The van der Waals surface area contributed by atoms with E-state index in [9.17, 15) is 5.11 Å². The van der Waals surface area contributed by atoms with Crippen LogP contribution in [0.4, 0.5) is 0 Å². The largest absolute Gasteiger partial charge is 0.392 e. The molecular weight excluding hydrogens is 136 g/mol. The average Bonchev–Trinajstić information content (AvgIpc) is 2.37. The first kappa shape index (κ1) is 7.36. The highest BCUT2D eigenvalue weighted by Crippen LogP contribution is 2.27. The molecule has 0 saturated heterocycles. The topological polar surface area (TPSA) is 20.2 Å². The fraction of sp³-hybridized carbons (Fsp3) is 1.00. The maximum absolute atomic E-state index is 9.23. The van der Waals surface area contributed by atoms with Crippen molar-refractivity contribution in [3.63, 3.8) is 0 Å². The Balaban J connectivity index is 2.24. The van der Waals surface area contributed by atoms with Crippen LogP contribution in [0.5, 0.6) is 0 Å². The SMILES string of the molecule is OC(CCl)C1CCCC1. The summed E-state index contributed by atoms with van der Waals surface area (Å²) in [6.45, 7) is 0. The molecule has 9 heavy (non-hydrogen) atoms. The van der Waals surface area contributed by atoms with Gasteiger partial charge in [0, 0.05) is 5.88 Å². The third kappa shape index (κ3) is 1.84. The molecule has 0 radical (unpaired) electrons. The molecule has 0 aliphatic heterocycles. The van der Waals surface area contributed by atoms with E-state index >= 15 is 0 Å². The molecule has 0 aromatic heterocycles. The van der Waals surface area contributed by atoms with Gasteiger partial charge in [-0.15, -0.1) is 11.6 Å². The van der Waals surface area contributed by atoms with Gasteiger partial charge in [0.05, 0.1) is 6.10 Å². The normalized spacial score (nSPS) is 24.7. The minimum atomic E-state index is -0.242. The van der Waals surface area contributed by atoms with Crippen LogP contribution < -0.4 is 0 Å². The van der Waals surface area contributed by atoms with Crippen LogP contribution in [0, 0.1) is 5.92 Å². The first-order valence-corrected chi connectivity index (χ1v) is 4.12. The third-order valence-corrected chi connectivity index (χ3v) is 2.42. The van der Waals surface area contributed by atoms with E-state index in [0.717, 1.165) is 0 Å². The van der Waals surface area contributed by atoms with E-state index in [1.54, 1.807) is 0 Å². The van der Waals surface area contributed by atoms with Crippen molar-refractivity contribution in [1.82, 2.24) is 0 Å². The molecule has 0 bridgehead atoms. The molecule has 1 unspecified atom stereocenters. The van der Waals surface area contributed by atoms with Crippen molar-refractivity contribution in [2.75, 3.05) is 5.88 Å². The predicted octanol–water partition coefficient (Wildman–Crippen LogP) is 1.78. The molecule has 1 fully saturated rings. The lowest BCUT2D eigenvalue weighted by atomic mass is 10.0. The van der Waals surface area contributed by atoms with Crippen LogP contribution in [-0.2, 0) is 0 Å². The van der Waals surface area contributed by atoms with Crippen LogP contribution in [0.3, 0.4) is 0 Å². The van der Waals surface area contributed by atoms with E-state index in [4.69, 9.17) is 11.6 Å². The first-order valence-electron chi connectivity index (χ1n) is 3.58. The smallest absolute Gasteiger partial charge is 0.0703 e. The van der Waals surface area contributed by atoms with Crippen LogP contribution in [0.2, 0.25) is 0 Å². The minimum absolute atomic E-state index is 0.242. The van der Waals surface area contributed by atoms with Gasteiger partial charge in [-0.05, 0) is 18.8 Å². The maximum Gasteiger partial charge on any atom is 0.0703 e. The molecule has 1 aliphatic rings. The zero-order chi connectivity index (χ0) is 6.69. The Morgan fingerprint density at radius 1 is 1.44 bits per heavy atom. The van der Waals surface area contributed by atoms with Gasteiger partial charge in [0.25, 0.3) is 0 Å². The molecule has 54 valence electrons. The van der Waals surface area contributed by atoms with Gasteiger partial charge >= 0.3 is 0 Å². The summed E-state index contributed by atoms with van der Waals surface area (Å²) in [4.78, 5) is 0. The van der Waals surface area contributed by atoms with Crippen molar-refractivity contribution in [2.45, 2.75) is 31.8 Å². The molecule has 0 aromatic rings. The molecule has 1 N–H and O–H groups in total. The monoisotopic (exact) mass is 148 g/mol. The summed E-state index contributed by atoms with van der Waals surface area (Å²) in [6, 6.07) is 0. The molecule has 1 aliphatic carbocycles. The zero-order valence-corrected chi connectivity index (χ0v) is 6.27. The molecule has 0 heterocycles. The van der Waals surface area contributed by atoms with E-state index in [1.807, 2.05) is 0 Å². The second-order valence-corrected chi connectivity index (χ2v) is 3.07. The number of rotatable bonds is 2. The number of aliphatic hydroxyl groups excluding tert-OH is 1. The number of hydrogen-bond donors (Lipinski definition) is 1. The van der Waals surface area contributed by atoms with Crippen molar-refractivity contribution < 1.29 is 5.11 Å². The van der Waals surface area contributed by atoms with Gasteiger partial charge < -0.3 is 5.11 Å².